The van der Waals surface area contributed by atoms with E-state index in [0.29, 0.717) is 10.5 Å². The molecule has 18 heavy (non-hydrogen) atoms. The topological polar surface area (TPSA) is 31.4 Å². The summed E-state index contributed by atoms with van der Waals surface area (Å²) in [6.45, 7) is 6.53. The lowest BCUT2D eigenvalue weighted by molar-refractivity contribution is 0.249. The predicted molar refractivity (Wildman–Crippen MR) is 80.1 cm³/mol. The molecule has 0 saturated heterocycles. The zero-order chi connectivity index (χ0) is 13.6. The fraction of sp³-hybridized carbons (Fsp3) is 0.615. The van der Waals surface area contributed by atoms with E-state index < -0.39 is 8.56 Å². The standard InChI is InChI=1S/C13H23NO2SSi/c1-11(10-18(5,15-3)16-4)17-12(2)13-8-6-7-9-14-13/h6-9,11-12H,10H2,1-5H3. The number of rotatable bonds is 7. The molecule has 0 aliphatic rings. The van der Waals surface area contributed by atoms with Gasteiger partial charge in [-0.3, -0.25) is 4.98 Å². The average Bonchev–Trinajstić information content (AvgIpc) is 2.39. The third-order valence-corrected chi connectivity index (χ3v) is 7.72. The van der Waals surface area contributed by atoms with E-state index in [4.69, 9.17) is 8.85 Å². The molecule has 0 bridgehead atoms. The van der Waals surface area contributed by atoms with Gasteiger partial charge in [0.1, 0.15) is 0 Å². The van der Waals surface area contributed by atoms with Crippen LogP contribution in [0.15, 0.2) is 24.4 Å². The first kappa shape index (κ1) is 15.7. The molecular weight excluding hydrogens is 262 g/mol. The normalized spacial score (nSPS) is 15.4. The molecule has 2 unspecified atom stereocenters. The largest absolute Gasteiger partial charge is 0.398 e. The summed E-state index contributed by atoms with van der Waals surface area (Å²) < 4.78 is 11.1. The van der Waals surface area contributed by atoms with Crippen molar-refractivity contribution in [3.05, 3.63) is 30.1 Å². The van der Waals surface area contributed by atoms with Crippen LogP contribution >= 0.6 is 11.8 Å². The smallest absolute Gasteiger partial charge is 0.335 e. The Morgan fingerprint density at radius 2 is 1.94 bits per heavy atom. The molecule has 0 N–H and O–H groups in total. The SMILES string of the molecule is CO[Si](C)(CC(C)SC(C)c1ccccn1)OC. The van der Waals surface area contributed by atoms with Crippen LogP contribution in [0.5, 0.6) is 0 Å². The summed E-state index contributed by atoms with van der Waals surface area (Å²) in [5, 5.41) is 0.895. The first-order valence-corrected chi connectivity index (χ1v) is 9.64. The van der Waals surface area contributed by atoms with Crippen LogP contribution < -0.4 is 0 Å². The summed E-state index contributed by atoms with van der Waals surface area (Å²) in [4.78, 5) is 4.40. The van der Waals surface area contributed by atoms with Crippen LogP contribution in [-0.2, 0) is 8.85 Å². The summed E-state index contributed by atoms with van der Waals surface area (Å²) in [6.07, 6.45) is 1.85. The van der Waals surface area contributed by atoms with Gasteiger partial charge in [0, 0.05) is 37.0 Å². The van der Waals surface area contributed by atoms with E-state index in [1.165, 1.54) is 0 Å². The molecule has 102 valence electrons. The van der Waals surface area contributed by atoms with E-state index >= 15 is 0 Å². The van der Waals surface area contributed by atoms with E-state index in [9.17, 15) is 0 Å². The second-order valence-electron chi connectivity index (χ2n) is 4.59. The molecule has 0 radical (unpaired) electrons. The summed E-state index contributed by atoms with van der Waals surface area (Å²) in [5.41, 5.74) is 1.13. The highest BCUT2D eigenvalue weighted by Gasteiger charge is 2.31. The highest BCUT2D eigenvalue weighted by Crippen LogP contribution is 2.34. The first-order valence-electron chi connectivity index (χ1n) is 6.17. The van der Waals surface area contributed by atoms with Gasteiger partial charge in [0.2, 0.25) is 0 Å². The van der Waals surface area contributed by atoms with Crippen LogP contribution in [-0.4, -0.2) is 33.0 Å². The van der Waals surface area contributed by atoms with Gasteiger partial charge in [-0.25, -0.2) is 0 Å². The number of hydrogen-bond donors (Lipinski definition) is 0. The summed E-state index contributed by atoms with van der Waals surface area (Å²) >= 11 is 1.92. The first-order chi connectivity index (χ1) is 8.50. The van der Waals surface area contributed by atoms with E-state index in [-0.39, 0.29) is 0 Å². The molecule has 1 aromatic rings. The number of nitrogens with zero attached hydrogens (tertiary/aromatic N) is 1. The van der Waals surface area contributed by atoms with Gasteiger partial charge >= 0.3 is 8.56 Å². The van der Waals surface area contributed by atoms with Gasteiger partial charge in [-0.2, -0.15) is 0 Å². The Balaban J connectivity index is 2.52. The lowest BCUT2D eigenvalue weighted by Gasteiger charge is -2.27. The molecule has 0 spiro atoms. The maximum atomic E-state index is 5.53. The fourth-order valence-corrected chi connectivity index (χ4v) is 5.67. The third-order valence-electron chi connectivity index (χ3n) is 3.06. The Kier molecular flexibility index (Phi) is 6.35. The third kappa shape index (κ3) is 4.72. The highest BCUT2D eigenvalue weighted by molar-refractivity contribution is 8.00. The van der Waals surface area contributed by atoms with E-state index in [1.807, 2.05) is 30.1 Å². The van der Waals surface area contributed by atoms with Gasteiger partial charge in [0.15, 0.2) is 0 Å². The maximum absolute atomic E-state index is 5.53. The summed E-state index contributed by atoms with van der Waals surface area (Å²) in [7, 11) is 1.52. The summed E-state index contributed by atoms with van der Waals surface area (Å²) in [6, 6.07) is 7.05. The Bertz CT molecular complexity index is 346. The number of aromatic nitrogens is 1. The van der Waals surface area contributed by atoms with E-state index in [1.54, 1.807) is 14.2 Å². The van der Waals surface area contributed by atoms with Crippen LogP contribution in [0.2, 0.25) is 12.6 Å². The van der Waals surface area contributed by atoms with Crippen molar-refractivity contribution in [2.75, 3.05) is 14.2 Å². The van der Waals surface area contributed by atoms with Crippen LogP contribution in [0, 0.1) is 0 Å². The van der Waals surface area contributed by atoms with Crippen molar-refractivity contribution in [2.24, 2.45) is 0 Å². The van der Waals surface area contributed by atoms with Crippen LogP contribution in [0.25, 0.3) is 0 Å². The van der Waals surface area contributed by atoms with E-state index in [0.717, 1.165) is 11.7 Å². The van der Waals surface area contributed by atoms with Crippen molar-refractivity contribution in [3.63, 3.8) is 0 Å². The lowest BCUT2D eigenvalue weighted by atomic mass is 10.3. The molecule has 3 nitrogen and oxygen atoms in total. The van der Waals surface area contributed by atoms with Gasteiger partial charge in [-0.15, -0.1) is 11.8 Å². The Morgan fingerprint density at radius 1 is 1.28 bits per heavy atom. The number of hydrogen-bond acceptors (Lipinski definition) is 4. The fourth-order valence-electron chi connectivity index (χ4n) is 1.85. The van der Waals surface area contributed by atoms with Crippen LogP contribution in [0.4, 0.5) is 0 Å². The minimum atomic E-state index is -1.97. The molecular formula is C13H23NO2SSi. The zero-order valence-corrected chi connectivity index (χ0v) is 13.7. The molecule has 0 aromatic carbocycles. The molecule has 1 heterocycles. The van der Waals surface area contributed by atoms with Gasteiger partial charge < -0.3 is 8.85 Å². The Hall–Kier alpha value is -0.363. The lowest BCUT2D eigenvalue weighted by Crippen LogP contribution is -2.38. The van der Waals surface area contributed by atoms with Crippen molar-refractivity contribution in [1.29, 1.82) is 0 Å². The van der Waals surface area contributed by atoms with Gasteiger partial charge in [0.05, 0.1) is 5.69 Å². The molecule has 1 rings (SSSR count). The zero-order valence-electron chi connectivity index (χ0n) is 11.8. The molecule has 5 heteroatoms. The molecule has 0 fully saturated rings. The van der Waals surface area contributed by atoms with Crippen LogP contribution in [0.1, 0.15) is 24.8 Å². The Morgan fingerprint density at radius 3 is 2.44 bits per heavy atom. The van der Waals surface area contributed by atoms with Gasteiger partial charge in [-0.05, 0) is 25.6 Å². The molecule has 2 atom stereocenters. The quantitative estimate of drug-likeness (QED) is 0.716. The average molecular weight is 285 g/mol. The minimum Gasteiger partial charge on any atom is -0.398 e. The maximum Gasteiger partial charge on any atom is 0.335 e. The minimum absolute atomic E-state index is 0.396. The molecule has 0 saturated carbocycles. The van der Waals surface area contributed by atoms with Crippen molar-refractivity contribution < 1.29 is 8.85 Å². The number of pyridine rings is 1. The van der Waals surface area contributed by atoms with Crippen molar-refractivity contribution in [1.82, 2.24) is 4.98 Å². The van der Waals surface area contributed by atoms with Crippen LogP contribution in [0.3, 0.4) is 0 Å². The number of thioether (sulfide) groups is 1. The molecule has 1 aromatic heterocycles. The summed E-state index contributed by atoms with van der Waals surface area (Å²) in [5.74, 6) is 0. The monoisotopic (exact) mass is 285 g/mol. The molecule has 0 amide bonds. The van der Waals surface area contributed by atoms with Crippen molar-refractivity contribution in [3.8, 4) is 0 Å². The molecule has 0 aliphatic carbocycles. The Labute approximate surface area is 116 Å². The van der Waals surface area contributed by atoms with Gasteiger partial charge in [-0.1, -0.05) is 13.0 Å². The van der Waals surface area contributed by atoms with Crippen molar-refractivity contribution in [2.45, 2.75) is 36.9 Å². The second kappa shape index (κ2) is 7.28. The second-order valence-corrected chi connectivity index (χ2v) is 9.87. The van der Waals surface area contributed by atoms with Crippen molar-refractivity contribution >= 4 is 20.3 Å². The highest BCUT2D eigenvalue weighted by atomic mass is 32.2. The van der Waals surface area contributed by atoms with E-state index in [2.05, 4.69) is 31.4 Å². The predicted octanol–water partition coefficient (Wildman–Crippen LogP) is 3.63. The van der Waals surface area contributed by atoms with Gasteiger partial charge in [0.25, 0.3) is 0 Å². The molecule has 0 aliphatic heterocycles.